The molecule has 5 nitrogen and oxygen atoms in total. The van der Waals surface area contributed by atoms with Crippen LogP contribution in [0.1, 0.15) is 11.4 Å². The summed E-state index contributed by atoms with van der Waals surface area (Å²) < 4.78 is 17.9. The van der Waals surface area contributed by atoms with Crippen molar-refractivity contribution < 1.29 is 13.7 Å². The Morgan fingerprint density at radius 2 is 1.83 bits per heavy atom. The van der Waals surface area contributed by atoms with Crippen LogP contribution < -0.4 is 5.32 Å². The highest BCUT2D eigenvalue weighted by atomic mass is 19.1. The van der Waals surface area contributed by atoms with Crippen LogP contribution in [0, 0.1) is 12.7 Å². The largest absolute Gasteiger partial charge is 0.334 e. The van der Waals surface area contributed by atoms with Gasteiger partial charge in [0, 0.05) is 11.3 Å². The summed E-state index contributed by atoms with van der Waals surface area (Å²) in [5.41, 5.74) is 2.20. The molecule has 0 aliphatic heterocycles. The van der Waals surface area contributed by atoms with Crippen molar-refractivity contribution in [1.82, 2.24) is 10.1 Å². The number of aryl methyl sites for hydroxylation is 1. The number of rotatable bonds is 4. The van der Waals surface area contributed by atoms with Crippen molar-refractivity contribution in [3.63, 3.8) is 0 Å². The lowest BCUT2D eigenvalue weighted by Crippen LogP contribution is -2.14. The lowest BCUT2D eigenvalue weighted by Gasteiger charge is -2.06. The predicted molar refractivity (Wildman–Crippen MR) is 83.2 cm³/mol. The minimum atomic E-state index is -0.319. The number of aromatic nitrogens is 2. The summed E-state index contributed by atoms with van der Waals surface area (Å²) >= 11 is 0. The van der Waals surface area contributed by atoms with Gasteiger partial charge in [0.25, 0.3) is 5.89 Å². The Hall–Kier alpha value is -3.02. The molecule has 3 rings (SSSR count). The number of amides is 1. The first-order chi connectivity index (χ1) is 11.1. The molecular formula is C17H14FN3O2. The van der Waals surface area contributed by atoms with Gasteiger partial charge in [-0.2, -0.15) is 4.98 Å². The molecule has 1 heterocycles. The van der Waals surface area contributed by atoms with E-state index in [9.17, 15) is 9.18 Å². The van der Waals surface area contributed by atoms with Gasteiger partial charge in [-0.15, -0.1) is 0 Å². The molecule has 3 aromatic rings. The third-order valence-corrected chi connectivity index (χ3v) is 3.22. The van der Waals surface area contributed by atoms with E-state index in [1.54, 1.807) is 43.3 Å². The molecule has 116 valence electrons. The fraction of sp³-hybridized carbons (Fsp3) is 0.118. The first-order valence-electron chi connectivity index (χ1n) is 7.05. The Morgan fingerprint density at radius 3 is 2.43 bits per heavy atom. The maximum absolute atomic E-state index is 12.8. The number of benzene rings is 2. The Morgan fingerprint density at radius 1 is 1.13 bits per heavy atom. The molecule has 0 fully saturated rings. The predicted octanol–water partition coefficient (Wildman–Crippen LogP) is 3.37. The van der Waals surface area contributed by atoms with Crippen molar-refractivity contribution in [2.45, 2.75) is 13.3 Å². The molecule has 0 aliphatic carbocycles. The lowest BCUT2D eigenvalue weighted by atomic mass is 10.1. The maximum Gasteiger partial charge on any atom is 0.257 e. The first kappa shape index (κ1) is 14.9. The van der Waals surface area contributed by atoms with E-state index >= 15 is 0 Å². The number of carbonyl (C=O) groups is 1. The van der Waals surface area contributed by atoms with Gasteiger partial charge in [-0.3, -0.25) is 4.79 Å². The monoisotopic (exact) mass is 311 g/mol. The van der Waals surface area contributed by atoms with Gasteiger partial charge in [0.15, 0.2) is 5.82 Å². The number of nitrogens with zero attached hydrogens (tertiary/aromatic N) is 2. The van der Waals surface area contributed by atoms with E-state index in [1.165, 1.54) is 12.1 Å². The molecule has 6 heteroatoms. The van der Waals surface area contributed by atoms with Crippen LogP contribution in [0.2, 0.25) is 0 Å². The fourth-order valence-corrected chi connectivity index (χ4v) is 2.10. The smallest absolute Gasteiger partial charge is 0.257 e. The molecule has 0 bridgehead atoms. The second-order valence-electron chi connectivity index (χ2n) is 5.08. The molecule has 0 aliphatic rings. The summed E-state index contributed by atoms with van der Waals surface area (Å²) in [6, 6.07) is 13.0. The van der Waals surface area contributed by atoms with Crippen molar-refractivity contribution in [1.29, 1.82) is 0 Å². The van der Waals surface area contributed by atoms with Crippen LogP contribution >= 0.6 is 0 Å². The van der Waals surface area contributed by atoms with Gasteiger partial charge in [0.05, 0.1) is 6.42 Å². The zero-order valence-electron chi connectivity index (χ0n) is 12.4. The van der Waals surface area contributed by atoms with Gasteiger partial charge < -0.3 is 9.84 Å². The highest BCUT2D eigenvalue weighted by Crippen LogP contribution is 2.19. The summed E-state index contributed by atoms with van der Waals surface area (Å²) in [4.78, 5) is 16.1. The van der Waals surface area contributed by atoms with E-state index in [4.69, 9.17) is 4.52 Å². The average Bonchev–Trinajstić information content (AvgIpc) is 2.97. The SMILES string of the molecule is Cc1noc(-c2ccc(NC(=O)Cc3ccc(F)cc3)cc2)n1. The molecule has 0 unspecified atom stereocenters. The van der Waals surface area contributed by atoms with Crippen molar-refractivity contribution in [3.05, 3.63) is 65.7 Å². The third-order valence-electron chi connectivity index (χ3n) is 3.22. The highest BCUT2D eigenvalue weighted by molar-refractivity contribution is 5.92. The van der Waals surface area contributed by atoms with E-state index in [2.05, 4.69) is 15.5 Å². The molecule has 1 amide bonds. The molecule has 23 heavy (non-hydrogen) atoms. The molecule has 1 N–H and O–H groups in total. The van der Waals surface area contributed by atoms with E-state index in [1.807, 2.05) is 0 Å². The Balaban J connectivity index is 1.63. The zero-order chi connectivity index (χ0) is 16.2. The zero-order valence-corrected chi connectivity index (χ0v) is 12.4. The van der Waals surface area contributed by atoms with E-state index in [-0.39, 0.29) is 18.1 Å². The lowest BCUT2D eigenvalue weighted by molar-refractivity contribution is -0.115. The number of carbonyl (C=O) groups excluding carboxylic acids is 1. The van der Waals surface area contributed by atoms with E-state index < -0.39 is 0 Å². The molecule has 0 radical (unpaired) electrons. The van der Waals surface area contributed by atoms with Crippen LogP contribution in [0.5, 0.6) is 0 Å². The summed E-state index contributed by atoms with van der Waals surface area (Å²) in [5, 5.41) is 6.52. The molecule has 2 aromatic carbocycles. The standard InChI is InChI=1S/C17H14FN3O2/c1-11-19-17(23-21-11)13-4-8-15(9-5-13)20-16(22)10-12-2-6-14(18)7-3-12/h2-9H,10H2,1H3,(H,20,22). The van der Waals surface area contributed by atoms with Crippen LogP contribution in [-0.4, -0.2) is 16.0 Å². The molecule has 0 saturated carbocycles. The maximum atomic E-state index is 12.8. The summed E-state index contributed by atoms with van der Waals surface area (Å²) in [5.74, 6) is 0.516. The number of halogens is 1. The second kappa shape index (κ2) is 6.39. The van der Waals surface area contributed by atoms with Crippen LogP contribution in [0.3, 0.4) is 0 Å². The number of nitrogens with one attached hydrogen (secondary N) is 1. The Labute approximate surface area is 132 Å². The van der Waals surface area contributed by atoms with E-state index in [0.29, 0.717) is 17.4 Å². The van der Waals surface area contributed by atoms with Gasteiger partial charge in [-0.1, -0.05) is 17.3 Å². The van der Waals surface area contributed by atoms with Gasteiger partial charge in [-0.05, 0) is 48.9 Å². The fourth-order valence-electron chi connectivity index (χ4n) is 2.10. The molecule has 0 atom stereocenters. The van der Waals surface area contributed by atoms with Gasteiger partial charge in [0.2, 0.25) is 5.91 Å². The number of hydrogen-bond donors (Lipinski definition) is 1. The van der Waals surface area contributed by atoms with Crippen molar-refractivity contribution in [3.8, 4) is 11.5 Å². The quantitative estimate of drug-likeness (QED) is 0.802. The Bertz CT molecular complexity index is 811. The topological polar surface area (TPSA) is 68.0 Å². The summed E-state index contributed by atoms with van der Waals surface area (Å²) in [7, 11) is 0. The second-order valence-corrected chi connectivity index (χ2v) is 5.08. The highest BCUT2D eigenvalue weighted by Gasteiger charge is 2.08. The third kappa shape index (κ3) is 3.79. The average molecular weight is 311 g/mol. The van der Waals surface area contributed by atoms with Crippen LogP contribution in [0.4, 0.5) is 10.1 Å². The molecule has 1 aromatic heterocycles. The van der Waals surface area contributed by atoms with Crippen LogP contribution in [0.25, 0.3) is 11.5 Å². The van der Waals surface area contributed by atoms with Gasteiger partial charge in [-0.25, -0.2) is 4.39 Å². The van der Waals surface area contributed by atoms with Crippen molar-refractivity contribution in [2.75, 3.05) is 5.32 Å². The molecule has 0 spiro atoms. The summed E-state index contributed by atoms with van der Waals surface area (Å²) in [6.45, 7) is 1.75. The van der Waals surface area contributed by atoms with Crippen LogP contribution in [0.15, 0.2) is 53.1 Å². The van der Waals surface area contributed by atoms with Crippen LogP contribution in [-0.2, 0) is 11.2 Å². The van der Waals surface area contributed by atoms with Gasteiger partial charge in [0.1, 0.15) is 5.82 Å². The summed E-state index contributed by atoms with van der Waals surface area (Å²) in [6.07, 6.45) is 0.185. The number of hydrogen-bond acceptors (Lipinski definition) is 4. The minimum absolute atomic E-state index is 0.169. The Kier molecular flexibility index (Phi) is 4.14. The number of anilines is 1. The minimum Gasteiger partial charge on any atom is -0.334 e. The molecular weight excluding hydrogens is 297 g/mol. The normalized spacial score (nSPS) is 10.5. The van der Waals surface area contributed by atoms with Crippen molar-refractivity contribution in [2.24, 2.45) is 0 Å². The van der Waals surface area contributed by atoms with E-state index in [0.717, 1.165) is 11.1 Å². The van der Waals surface area contributed by atoms with Crippen molar-refractivity contribution >= 4 is 11.6 Å². The molecule has 0 saturated heterocycles. The van der Waals surface area contributed by atoms with Gasteiger partial charge >= 0.3 is 0 Å². The first-order valence-corrected chi connectivity index (χ1v) is 7.05.